The molecule has 0 aromatic rings. The van der Waals surface area contributed by atoms with E-state index in [0.717, 1.165) is 0 Å². The third-order valence-electron chi connectivity index (χ3n) is 1.18. The standard InChI is InChI=1S/C8H10O3.C3H8O2/c1-5(2)7(9)11-8(10)6(3)4;1-5-3-2-4/h1,3H2,2,4H3;4H,2-3H2,1H3. The Labute approximate surface area is 95.4 Å². The Morgan fingerprint density at radius 2 is 1.50 bits per heavy atom. The highest BCUT2D eigenvalue weighted by Gasteiger charge is 2.10. The summed E-state index contributed by atoms with van der Waals surface area (Å²) in [5.41, 5.74) is 0.388. The van der Waals surface area contributed by atoms with Crippen molar-refractivity contribution >= 4 is 11.9 Å². The number of methoxy groups -OCH3 is 1. The molecule has 0 radical (unpaired) electrons. The number of carbonyl (C=O) groups is 2. The second-order valence-electron chi connectivity index (χ2n) is 2.95. The molecular formula is C11H18O5. The van der Waals surface area contributed by atoms with E-state index in [4.69, 9.17) is 5.11 Å². The first-order valence-electron chi connectivity index (χ1n) is 4.54. The van der Waals surface area contributed by atoms with Crippen molar-refractivity contribution in [2.75, 3.05) is 20.3 Å². The third kappa shape index (κ3) is 10.6. The summed E-state index contributed by atoms with van der Waals surface area (Å²) in [7, 11) is 1.55. The van der Waals surface area contributed by atoms with E-state index < -0.39 is 11.9 Å². The van der Waals surface area contributed by atoms with Crippen LogP contribution < -0.4 is 0 Å². The topological polar surface area (TPSA) is 72.8 Å². The van der Waals surface area contributed by atoms with E-state index >= 15 is 0 Å². The van der Waals surface area contributed by atoms with Crippen molar-refractivity contribution in [3.63, 3.8) is 0 Å². The summed E-state index contributed by atoms with van der Waals surface area (Å²) >= 11 is 0. The van der Waals surface area contributed by atoms with Crippen LogP contribution in [0.25, 0.3) is 0 Å². The number of hydrogen-bond donors (Lipinski definition) is 1. The summed E-state index contributed by atoms with van der Waals surface area (Å²) in [5, 5.41) is 7.94. The third-order valence-corrected chi connectivity index (χ3v) is 1.18. The zero-order chi connectivity index (χ0) is 13.1. The first-order chi connectivity index (χ1) is 7.36. The van der Waals surface area contributed by atoms with Crippen molar-refractivity contribution in [1.82, 2.24) is 0 Å². The van der Waals surface area contributed by atoms with Gasteiger partial charge in [-0.3, -0.25) is 0 Å². The van der Waals surface area contributed by atoms with Gasteiger partial charge < -0.3 is 14.6 Å². The van der Waals surface area contributed by atoms with Crippen LogP contribution in [0.5, 0.6) is 0 Å². The average Bonchev–Trinajstić information content (AvgIpc) is 2.19. The molecule has 0 aliphatic rings. The van der Waals surface area contributed by atoms with Crippen LogP contribution in [0, 0.1) is 0 Å². The Hall–Kier alpha value is -1.46. The van der Waals surface area contributed by atoms with Gasteiger partial charge in [-0.2, -0.15) is 0 Å². The Morgan fingerprint density at radius 1 is 1.12 bits per heavy atom. The molecule has 0 unspecified atom stereocenters. The number of ether oxygens (including phenoxy) is 2. The number of rotatable bonds is 4. The fourth-order valence-corrected chi connectivity index (χ4v) is 0.350. The number of carbonyl (C=O) groups excluding carboxylic acids is 2. The van der Waals surface area contributed by atoms with Crippen LogP contribution in [-0.2, 0) is 19.1 Å². The number of hydrogen-bond acceptors (Lipinski definition) is 5. The van der Waals surface area contributed by atoms with Gasteiger partial charge in [0.1, 0.15) is 0 Å². The number of aliphatic hydroxyl groups is 1. The minimum Gasteiger partial charge on any atom is -0.394 e. The Bertz CT molecular complexity index is 242. The van der Waals surface area contributed by atoms with Crippen LogP contribution >= 0.6 is 0 Å². The second-order valence-corrected chi connectivity index (χ2v) is 2.95. The van der Waals surface area contributed by atoms with Crippen LogP contribution in [0.1, 0.15) is 13.8 Å². The molecule has 0 amide bonds. The highest BCUT2D eigenvalue weighted by atomic mass is 16.6. The maximum atomic E-state index is 10.7. The molecular weight excluding hydrogens is 212 g/mol. The lowest BCUT2D eigenvalue weighted by molar-refractivity contribution is -0.153. The summed E-state index contributed by atoms with van der Waals surface area (Å²) in [6.45, 7) is 10.1. The summed E-state index contributed by atoms with van der Waals surface area (Å²) < 4.78 is 8.74. The largest absolute Gasteiger partial charge is 0.394 e. The second kappa shape index (κ2) is 10.1. The Kier molecular flexibility index (Phi) is 10.7. The molecule has 0 aliphatic carbocycles. The normalized spacial score (nSPS) is 8.50. The number of esters is 2. The van der Waals surface area contributed by atoms with Gasteiger partial charge in [-0.1, -0.05) is 13.2 Å². The van der Waals surface area contributed by atoms with Gasteiger partial charge in [0.15, 0.2) is 0 Å². The van der Waals surface area contributed by atoms with Gasteiger partial charge >= 0.3 is 11.9 Å². The van der Waals surface area contributed by atoms with Gasteiger partial charge in [-0.15, -0.1) is 0 Å². The van der Waals surface area contributed by atoms with Crippen LogP contribution in [0.15, 0.2) is 24.3 Å². The highest BCUT2D eigenvalue weighted by molar-refractivity contribution is 6.00. The smallest absolute Gasteiger partial charge is 0.340 e. The lowest BCUT2D eigenvalue weighted by Crippen LogP contribution is -2.12. The van der Waals surface area contributed by atoms with Gasteiger partial charge in [0.25, 0.3) is 0 Å². The van der Waals surface area contributed by atoms with Crippen molar-refractivity contribution in [3.8, 4) is 0 Å². The minimum atomic E-state index is -0.710. The quantitative estimate of drug-likeness (QED) is 0.440. The summed E-state index contributed by atoms with van der Waals surface area (Å²) in [5.74, 6) is -1.42. The van der Waals surface area contributed by atoms with Crippen molar-refractivity contribution in [1.29, 1.82) is 0 Å². The average molecular weight is 230 g/mol. The SMILES string of the molecule is C=C(C)C(=O)OC(=O)C(=C)C.COCCO. The molecule has 1 N–H and O–H groups in total. The van der Waals surface area contributed by atoms with Crippen LogP contribution in [-0.4, -0.2) is 37.4 Å². The molecule has 0 aromatic heterocycles. The molecule has 5 nitrogen and oxygen atoms in total. The molecule has 0 atom stereocenters. The first kappa shape index (κ1) is 17.0. The molecule has 0 aliphatic heterocycles. The molecule has 0 rings (SSSR count). The predicted molar refractivity (Wildman–Crippen MR) is 59.7 cm³/mol. The zero-order valence-electron chi connectivity index (χ0n) is 9.91. The predicted octanol–water partition coefficient (Wildman–Crippen LogP) is 0.833. The van der Waals surface area contributed by atoms with Crippen molar-refractivity contribution in [2.45, 2.75) is 13.8 Å². The maximum Gasteiger partial charge on any atom is 0.340 e. The Balaban J connectivity index is 0. The van der Waals surface area contributed by atoms with Gasteiger partial charge in [0.2, 0.25) is 0 Å². The molecule has 0 fully saturated rings. The molecule has 0 spiro atoms. The maximum absolute atomic E-state index is 10.7. The van der Waals surface area contributed by atoms with E-state index in [2.05, 4.69) is 22.6 Å². The van der Waals surface area contributed by atoms with E-state index in [1.54, 1.807) is 7.11 Å². The molecule has 0 saturated carbocycles. The summed E-state index contributed by atoms with van der Waals surface area (Å²) in [6, 6.07) is 0. The zero-order valence-corrected chi connectivity index (χ0v) is 9.91. The Morgan fingerprint density at radius 3 is 1.62 bits per heavy atom. The monoisotopic (exact) mass is 230 g/mol. The van der Waals surface area contributed by atoms with Crippen molar-refractivity contribution in [3.05, 3.63) is 24.3 Å². The van der Waals surface area contributed by atoms with Crippen LogP contribution in [0.4, 0.5) is 0 Å². The minimum absolute atomic E-state index is 0.122. The van der Waals surface area contributed by atoms with Crippen LogP contribution in [0.2, 0.25) is 0 Å². The van der Waals surface area contributed by atoms with Gasteiger partial charge in [-0.25, -0.2) is 9.59 Å². The lowest BCUT2D eigenvalue weighted by atomic mass is 10.3. The van der Waals surface area contributed by atoms with Gasteiger partial charge in [0, 0.05) is 18.3 Å². The van der Waals surface area contributed by atoms with Gasteiger partial charge in [-0.05, 0) is 13.8 Å². The molecule has 16 heavy (non-hydrogen) atoms. The fraction of sp³-hybridized carbons (Fsp3) is 0.455. The van der Waals surface area contributed by atoms with E-state index in [9.17, 15) is 9.59 Å². The van der Waals surface area contributed by atoms with E-state index in [1.165, 1.54) is 13.8 Å². The van der Waals surface area contributed by atoms with Crippen LogP contribution in [0.3, 0.4) is 0 Å². The van der Waals surface area contributed by atoms with E-state index in [-0.39, 0.29) is 17.8 Å². The molecule has 92 valence electrons. The molecule has 0 saturated heterocycles. The fourth-order valence-electron chi connectivity index (χ4n) is 0.350. The van der Waals surface area contributed by atoms with Crippen molar-refractivity contribution < 1.29 is 24.2 Å². The molecule has 0 bridgehead atoms. The highest BCUT2D eigenvalue weighted by Crippen LogP contribution is 1.97. The van der Waals surface area contributed by atoms with E-state index in [1.807, 2.05) is 0 Å². The van der Waals surface area contributed by atoms with Gasteiger partial charge in [0.05, 0.1) is 13.2 Å². The summed E-state index contributed by atoms with van der Waals surface area (Å²) in [4.78, 5) is 21.3. The number of aliphatic hydroxyl groups excluding tert-OH is 1. The van der Waals surface area contributed by atoms with Crippen molar-refractivity contribution in [2.24, 2.45) is 0 Å². The van der Waals surface area contributed by atoms with E-state index in [0.29, 0.717) is 6.61 Å². The molecule has 5 heteroatoms. The lowest BCUT2D eigenvalue weighted by Gasteiger charge is -1.99. The first-order valence-corrected chi connectivity index (χ1v) is 4.54. The molecule has 0 heterocycles. The molecule has 0 aromatic carbocycles. The summed E-state index contributed by atoms with van der Waals surface area (Å²) in [6.07, 6.45) is 0.